The fourth-order valence-electron chi connectivity index (χ4n) is 3.06. The zero-order valence-corrected chi connectivity index (χ0v) is 14.8. The van der Waals surface area contributed by atoms with E-state index in [1.165, 1.54) is 24.1 Å². The molecule has 1 aromatic heterocycles. The number of aliphatic hydroxyl groups is 1. The summed E-state index contributed by atoms with van der Waals surface area (Å²) in [6.07, 6.45) is 5.21. The molecule has 1 heterocycles. The van der Waals surface area contributed by atoms with Gasteiger partial charge < -0.3 is 9.67 Å². The molecule has 0 atom stereocenters. The first-order valence-electron chi connectivity index (χ1n) is 7.70. The highest BCUT2D eigenvalue weighted by atomic mass is 79.9. The molecule has 22 heavy (non-hydrogen) atoms. The summed E-state index contributed by atoms with van der Waals surface area (Å²) in [4.78, 5) is 4.72. The van der Waals surface area contributed by atoms with E-state index in [2.05, 4.69) is 32.6 Å². The van der Waals surface area contributed by atoms with Crippen LogP contribution in [0.15, 0.2) is 28.7 Å². The average molecular weight is 379 g/mol. The first-order chi connectivity index (χ1) is 10.7. The lowest BCUT2D eigenvalue weighted by Gasteiger charge is -2.24. The summed E-state index contributed by atoms with van der Waals surface area (Å²) in [5.74, 6) is 0.923. The number of rotatable bonds is 4. The maximum Gasteiger partial charge on any atom is 0.141 e. The first kappa shape index (κ1) is 15.8. The second kappa shape index (κ2) is 7.02. The van der Waals surface area contributed by atoms with Gasteiger partial charge in [-0.15, -0.1) is 0 Å². The molecule has 0 saturated carbocycles. The van der Waals surface area contributed by atoms with Crippen LogP contribution in [0.5, 0.6) is 0 Å². The van der Waals surface area contributed by atoms with Crippen LogP contribution in [0, 0.1) is 4.64 Å². The second-order valence-electron chi connectivity index (χ2n) is 5.61. The van der Waals surface area contributed by atoms with E-state index >= 15 is 0 Å². The molecule has 3 nitrogen and oxygen atoms in total. The summed E-state index contributed by atoms with van der Waals surface area (Å²) in [6.45, 7) is 0.976. The zero-order chi connectivity index (χ0) is 15.5. The Balaban J connectivity index is 2.17. The molecule has 1 aliphatic rings. The molecule has 0 radical (unpaired) electrons. The lowest BCUT2D eigenvalue weighted by molar-refractivity contribution is 0.278. The van der Waals surface area contributed by atoms with Crippen LogP contribution in [0.1, 0.15) is 30.5 Å². The molecule has 0 aliphatic heterocycles. The van der Waals surface area contributed by atoms with Gasteiger partial charge in [-0.3, -0.25) is 0 Å². The fourth-order valence-corrected chi connectivity index (χ4v) is 3.63. The van der Waals surface area contributed by atoms with Crippen molar-refractivity contribution >= 4 is 28.1 Å². The first-order valence-corrected chi connectivity index (χ1v) is 8.90. The van der Waals surface area contributed by atoms with Crippen LogP contribution in [0.3, 0.4) is 0 Å². The minimum Gasteiger partial charge on any atom is -0.396 e. The van der Waals surface area contributed by atoms with Gasteiger partial charge in [-0.25, -0.2) is 4.98 Å². The number of halogens is 1. The van der Waals surface area contributed by atoms with Crippen LogP contribution in [0.25, 0.3) is 11.4 Å². The molecule has 0 amide bonds. The smallest absolute Gasteiger partial charge is 0.141 e. The van der Waals surface area contributed by atoms with Gasteiger partial charge in [0.2, 0.25) is 0 Å². The molecule has 0 bridgehead atoms. The van der Waals surface area contributed by atoms with Crippen molar-refractivity contribution < 1.29 is 5.11 Å². The van der Waals surface area contributed by atoms with Gasteiger partial charge in [0.05, 0.1) is 0 Å². The van der Waals surface area contributed by atoms with Gasteiger partial charge in [-0.2, -0.15) is 0 Å². The molecule has 0 spiro atoms. The van der Waals surface area contributed by atoms with Crippen LogP contribution in [-0.4, -0.2) is 21.3 Å². The third kappa shape index (κ3) is 3.16. The maximum atomic E-state index is 9.22. The summed E-state index contributed by atoms with van der Waals surface area (Å²) >= 11 is 9.01. The molecule has 1 N–H and O–H groups in total. The van der Waals surface area contributed by atoms with Gasteiger partial charge in [0, 0.05) is 34.4 Å². The van der Waals surface area contributed by atoms with E-state index < -0.39 is 0 Å². The molecule has 2 aromatic rings. The van der Waals surface area contributed by atoms with Crippen molar-refractivity contribution in [1.82, 2.24) is 9.55 Å². The normalized spacial score (nSPS) is 13.9. The van der Waals surface area contributed by atoms with Crippen LogP contribution in [0.2, 0.25) is 0 Å². The van der Waals surface area contributed by atoms with Crippen molar-refractivity contribution in [2.24, 2.45) is 0 Å². The van der Waals surface area contributed by atoms with Crippen LogP contribution in [0.4, 0.5) is 0 Å². The minimum absolute atomic E-state index is 0.192. The third-order valence-electron chi connectivity index (χ3n) is 4.13. The number of fused-ring (bicyclic) bond motifs is 1. The Hall–Kier alpha value is -1.04. The predicted octanol–water partition coefficient (Wildman–Crippen LogP) is 4.30. The third-order valence-corrected chi connectivity index (χ3v) is 4.99. The van der Waals surface area contributed by atoms with Gasteiger partial charge in [-0.1, -0.05) is 40.3 Å². The Morgan fingerprint density at radius 2 is 1.91 bits per heavy atom. The number of benzene rings is 1. The minimum atomic E-state index is 0.192. The highest BCUT2D eigenvalue weighted by Gasteiger charge is 2.18. The molecular formula is C17H19BrN2OS. The standard InChI is InChI=1S/C17H19BrN2OS/c18-13-8-6-12(7-9-13)16-19-17(22)14-4-1-2-5-15(14)20(16)10-3-11-21/h6-9,21H,1-5,10-11H2. The van der Waals surface area contributed by atoms with Gasteiger partial charge in [-0.05, 0) is 44.2 Å². The SMILES string of the molecule is OCCCn1c(-c2ccc(Br)cc2)nc(=S)c2c1CCCC2. The Morgan fingerprint density at radius 3 is 2.64 bits per heavy atom. The van der Waals surface area contributed by atoms with Crippen molar-refractivity contribution in [1.29, 1.82) is 0 Å². The summed E-state index contributed by atoms with van der Waals surface area (Å²) < 4.78 is 4.06. The molecule has 116 valence electrons. The largest absolute Gasteiger partial charge is 0.396 e. The lowest BCUT2D eigenvalue weighted by atomic mass is 9.96. The molecular weight excluding hydrogens is 360 g/mol. The molecule has 3 rings (SSSR count). The van der Waals surface area contributed by atoms with E-state index in [4.69, 9.17) is 17.2 Å². The van der Waals surface area contributed by atoms with E-state index in [-0.39, 0.29) is 6.61 Å². The summed E-state index contributed by atoms with van der Waals surface area (Å²) in [5, 5.41) is 9.22. The Morgan fingerprint density at radius 1 is 1.18 bits per heavy atom. The Kier molecular flexibility index (Phi) is 5.06. The highest BCUT2D eigenvalue weighted by molar-refractivity contribution is 9.10. The monoisotopic (exact) mass is 378 g/mol. The van der Waals surface area contributed by atoms with Crippen LogP contribution in [-0.2, 0) is 19.4 Å². The van der Waals surface area contributed by atoms with Crippen molar-refractivity contribution in [2.45, 2.75) is 38.6 Å². The van der Waals surface area contributed by atoms with E-state index in [1.54, 1.807) is 0 Å². The molecule has 1 aliphatic carbocycles. The topological polar surface area (TPSA) is 38.0 Å². The fraction of sp³-hybridized carbons (Fsp3) is 0.412. The van der Waals surface area contributed by atoms with E-state index in [9.17, 15) is 5.11 Å². The Labute approximate surface area is 144 Å². The second-order valence-corrected chi connectivity index (χ2v) is 6.91. The van der Waals surface area contributed by atoms with Gasteiger partial charge in [0.25, 0.3) is 0 Å². The molecule has 5 heteroatoms. The van der Waals surface area contributed by atoms with E-state index in [0.29, 0.717) is 0 Å². The van der Waals surface area contributed by atoms with Crippen molar-refractivity contribution in [3.8, 4) is 11.4 Å². The summed E-state index contributed by atoms with van der Waals surface area (Å²) in [6, 6.07) is 8.17. The number of hydrogen-bond donors (Lipinski definition) is 1. The number of hydrogen-bond acceptors (Lipinski definition) is 3. The highest BCUT2D eigenvalue weighted by Crippen LogP contribution is 2.28. The molecule has 0 unspecified atom stereocenters. The summed E-state index contributed by atoms with van der Waals surface area (Å²) in [7, 11) is 0. The quantitative estimate of drug-likeness (QED) is 0.805. The van der Waals surface area contributed by atoms with Gasteiger partial charge in [0.15, 0.2) is 0 Å². The molecule has 0 saturated heterocycles. The van der Waals surface area contributed by atoms with E-state index in [0.717, 1.165) is 46.3 Å². The van der Waals surface area contributed by atoms with Crippen molar-refractivity contribution in [3.63, 3.8) is 0 Å². The number of nitrogens with zero attached hydrogens (tertiary/aromatic N) is 2. The van der Waals surface area contributed by atoms with Crippen molar-refractivity contribution in [2.75, 3.05) is 6.61 Å². The predicted molar refractivity (Wildman–Crippen MR) is 94.5 cm³/mol. The number of aliphatic hydroxyl groups excluding tert-OH is 1. The molecule has 0 fully saturated rings. The van der Waals surface area contributed by atoms with E-state index in [1.807, 2.05) is 12.1 Å². The summed E-state index contributed by atoms with van der Waals surface area (Å²) in [5.41, 5.74) is 3.62. The zero-order valence-electron chi connectivity index (χ0n) is 12.4. The van der Waals surface area contributed by atoms with Gasteiger partial charge in [0.1, 0.15) is 10.5 Å². The number of aromatic nitrogens is 2. The average Bonchev–Trinajstić information content (AvgIpc) is 2.55. The van der Waals surface area contributed by atoms with Crippen LogP contribution >= 0.6 is 28.1 Å². The molecule has 1 aromatic carbocycles. The Bertz CT molecular complexity index is 725. The lowest BCUT2D eigenvalue weighted by Crippen LogP contribution is -2.18. The maximum absolute atomic E-state index is 9.22. The van der Waals surface area contributed by atoms with Crippen LogP contribution < -0.4 is 0 Å². The van der Waals surface area contributed by atoms with Crippen molar-refractivity contribution in [3.05, 3.63) is 44.6 Å². The van der Waals surface area contributed by atoms with Gasteiger partial charge >= 0.3 is 0 Å².